The zero-order valence-corrected chi connectivity index (χ0v) is 12.0. The third-order valence-corrected chi connectivity index (χ3v) is 3.47. The number of carbonyl (C=O) groups excluding carboxylic acids is 1. The van der Waals surface area contributed by atoms with Crippen LogP contribution >= 0.6 is 11.6 Å². The molecule has 2 aromatic carbocycles. The molecule has 6 heteroatoms. The lowest BCUT2D eigenvalue weighted by atomic mass is 10.2. The highest BCUT2D eigenvalue weighted by Gasteiger charge is 2.14. The number of ether oxygens (including phenoxy) is 2. The predicted octanol–water partition coefficient (Wildman–Crippen LogP) is 4.02. The summed E-state index contributed by atoms with van der Waals surface area (Å²) in [6.07, 6.45) is 0. The molecule has 1 aliphatic heterocycles. The average molecular weight is 305 g/mol. The molecular weight excluding hydrogens is 292 g/mol. The smallest absolute Gasteiger partial charge is 0.323 e. The Morgan fingerprint density at radius 1 is 1.05 bits per heavy atom. The molecule has 0 radical (unpaired) electrons. The van der Waals surface area contributed by atoms with Gasteiger partial charge in [0.05, 0.1) is 0 Å². The number of amides is 2. The summed E-state index contributed by atoms with van der Waals surface area (Å²) in [5.41, 5.74) is 2.20. The van der Waals surface area contributed by atoms with E-state index in [0.717, 1.165) is 5.56 Å². The van der Waals surface area contributed by atoms with Crippen molar-refractivity contribution in [2.75, 3.05) is 17.4 Å². The van der Waals surface area contributed by atoms with E-state index < -0.39 is 0 Å². The second kappa shape index (κ2) is 5.54. The monoisotopic (exact) mass is 304 g/mol. The van der Waals surface area contributed by atoms with E-state index in [0.29, 0.717) is 27.9 Å². The van der Waals surface area contributed by atoms with Gasteiger partial charge in [-0.2, -0.15) is 0 Å². The Bertz CT molecular complexity index is 703. The number of hydrogen-bond donors (Lipinski definition) is 2. The molecule has 0 bridgehead atoms. The Balaban J connectivity index is 1.67. The van der Waals surface area contributed by atoms with Crippen LogP contribution in [0.3, 0.4) is 0 Å². The van der Waals surface area contributed by atoms with Crippen LogP contribution in [-0.4, -0.2) is 12.8 Å². The molecule has 3 rings (SSSR count). The molecule has 0 atom stereocenters. The van der Waals surface area contributed by atoms with Crippen LogP contribution in [0.1, 0.15) is 5.56 Å². The van der Waals surface area contributed by atoms with E-state index in [1.165, 1.54) is 0 Å². The summed E-state index contributed by atoms with van der Waals surface area (Å²) in [7, 11) is 0. The second-order valence-electron chi connectivity index (χ2n) is 4.61. The van der Waals surface area contributed by atoms with Gasteiger partial charge in [-0.1, -0.05) is 11.6 Å². The van der Waals surface area contributed by atoms with E-state index in [2.05, 4.69) is 10.6 Å². The molecule has 1 aliphatic rings. The van der Waals surface area contributed by atoms with E-state index in [1.807, 2.05) is 13.0 Å². The minimum absolute atomic E-state index is 0.203. The number of halogens is 1. The summed E-state index contributed by atoms with van der Waals surface area (Å²) in [6.45, 7) is 2.08. The molecule has 1 heterocycles. The highest BCUT2D eigenvalue weighted by atomic mass is 35.5. The standard InChI is InChI=1S/C15H13ClN2O3/c1-9-6-10(2-4-12(9)16)17-15(19)18-11-3-5-13-14(7-11)21-8-20-13/h2-7H,8H2,1H3,(H2,17,18,19). The molecule has 0 fully saturated rings. The SMILES string of the molecule is Cc1cc(NC(=O)Nc2ccc3c(c2)OCO3)ccc1Cl. The number of fused-ring (bicyclic) bond motifs is 1. The van der Waals surface area contributed by atoms with Gasteiger partial charge in [0.1, 0.15) is 0 Å². The first kappa shape index (κ1) is 13.6. The molecule has 2 aromatic rings. The van der Waals surface area contributed by atoms with Crippen LogP contribution in [-0.2, 0) is 0 Å². The van der Waals surface area contributed by atoms with Crippen LogP contribution in [0.4, 0.5) is 16.2 Å². The van der Waals surface area contributed by atoms with Gasteiger partial charge in [-0.15, -0.1) is 0 Å². The topological polar surface area (TPSA) is 59.6 Å². The van der Waals surface area contributed by atoms with Crippen LogP contribution < -0.4 is 20.1 Å². The highest BCUT2D eigenvalue weighted by Crippen LogP contribution is 2.34. The van der Waals surface area contributed by atoms with Crippen molar-refractivity contribution in [2.24, 2.45) is 0 Å². The third-order valence-electron chi connectivity index (χ3n) is 3.05. The van der Waals surface area contributed by atoms with Gasteiger partial charge in [-0.3, -0.25) is 0 Å². The molecule has 0 saturated carbocycles. The molecule has 21 heavy (non-hydrogen) atoms. The Morgan fingerprint density at radius 3 is 2.48 bits per heavy atom. The minimum atomic E-state index is -0.337. The predicted molar refractivity (Wildman–Crippen MR) is 81.4 cm³/mol. The second-order valence-corrected chi connectivity index (χ2v) is 5.02. The molecule has 2 amide bonds. The van der Waals surface area contributed by atoms with Gasteiger partial charge in [0.2, 0.25) is 6.79 Å². The molecule has 108 valence electrons. The third kappa shape index (κ3) is 3.03. The van der Waals surface area contributed by atoms with Crippen LogP contribution in [0.15, 0.2) is 36.4 Å². The van der Waals surface area contributed by atoms with Gasteiger partial charge < -0.3 is 20.1 Å². The van der Waals surface area contributed by atoms with E-state index in [9.17, 15) is 4.79 Å². The molecule has 0 aliphatic carbocycles. The van der Waals surface area contributed by atoms with E-state index in [-0.39, 0.29) is 12.8 Å². The number of rotatable bonds is 2. The quantitative estimate of drug-likeness (QED) is 0.881. The fourth-order valence-electron chi connectivity index (χ4n) is 1.99. The number of anilines is 2. The van der Waals surface area contributed by atoms with Crippen molar-refractivity contribution in [1.29, 1.82) is 0 Å². The van der Waals surface area contributed by atoms with E-state index >= 15 is 0 Å². The largest absolute Gasteiger partial charge is 0.454 e. The van der Waals surface area contributed by atoms with Gasteiger partial charge in [-0.25, -0.2) is 4.79 Å². The Labute approximate surface area is 126 Å². The van der Waals surface area contributed by atoms with Crippen LogP contribution in [0.25, 0.3) is 0 Å². The maximum atomic E-state index is 12.0. The maximum Gasteiger partial charge on any atom is 0.323 e. The van der Waals surface area contributed by atoms with Crippen molar-refractivity contribution in [2.45, 2.75) is 6.92 Å². The summed E-state index contributed by atoms with van der Waals surface area (Å²) < 4.78 is 10.5. The van der Waals surface area contributed by atoms with Crippen molar-refractivity contribution in [3.8, 4) is 11.5 Å². The van der Waals surface area contributed by atoms with Gasteiger partial charge in [0, 0.05) is 22.5 Å². The number of benzene rings is 2. The average Bonchev–Trinajstić information content (AvgIpc) is 2.90. The summed E-state index contributed by atoms with van der Waals surface area (Å²) in [6, 6.07) is 10.2. The van der Waals surface area contributed by atoms with Crippen molar-refractivity contribution in [3.63, 3.8) is 0 Å². The fourth-order valence-corrected chi connectivity index (χ4v) is 2.11. The van der Waals surface area contributed by atoms with Crippen molar-refractivity contribution >= 4 is 29.0 Å². The number of hydrogen-bond acceptors (Lipinski definition) is 3. The molecule has 0 saturated heterocycles. The van der Waals surface area contributed by atoms with Crippen molar-refractivity contribution in [3.05, 3.63) is 47.0 Å². The first-order valence-electron chi connectivity index (χ1n) is 6.35. The zero-order valence-electron chi connectivity index (χ0n) is 11.3. The number of nitrogens with one attached hydrogen (secondary N) is 2. The lowest BCUT2D eigenvalue weighted by Gasteiger charge is -2.09. The Hall–Kier alpha value is -2.40. The first-order chi connectivity index (χ1) is 10.1. The van der Waals surface area contributed by atoms with Crippen LogP contribution in [0.2, 0.25) is 5.02 Å². The lowest BCUT2D eigenvalue weighted by molar-refractivity contribution is 0.174. The minimum Gasteiger partial charge on any atom is -0.454 e. The van der Waals surface area contributed by atoms with E-state index in [4.69, 9.17) is 21.1 Å². The first-order valence-corrected chi connectivity index (χ1v) is 6.73. The fraction of sp³-hybridized carbons (Fsp3) is 0.133. The van der Waals surface area contributed by atoms with Gasteiger partial charge in [0.15, 0.2) is 11.5 Å². The van der Waals surface area contributed by atoms with Gasteiger partial charge in [0.25, 0.3) is 0 Å². The molecule has 0 spiro atoms. The number of aryl methyl sites for hydroxylation is 1. The van der Waals surface area contributed by atoms with Gasteiger partial charge in [-0.05, 0) is 42.8 Å². The molecule has 0 unspecified atom stereocenters. The van der Waals surface area contributed by atoms with Gasteiger partial charge >= 0.3 is 6.03 Å². The summed E-state index contributed by atoms with van der Waals surface area (Å²) in [5.74, 6) is 1.30. The summed E-state index contributed by atoms with van der Waals surface area (Å²) >= 11 is 5.95. The van der Waals surface area contributed by atoms with Crippen molar-refractivity contribution < 1.29 is 14.3 Å². The summed E-state index contributed by atoms with van der Waals surface area (Å²) in [5, 5.41) is 6.14. The molecule has 5 nitrogen and oxygen atoms in total. The van der Waals surface area contributed by atoms with E-state index in [1.54, 1.807) is 30.3 Å². The number of carbonyl (C=O) groups is 1. The molecular formula is C15H13ClN2O3. The van der Waals surface area contributed by atoms with Crippen LogP contribution in [0.5, 0.6) is 11.5 Å². The highest BCUT2D eigenvalue weighted by molar-refractivity contribution is 6.31. The maximum absolute atomic E-state index is 12.0. The summed E-state index contributed by atoms with van der Waals surface area (Å²) in [4.78, 5) is 12.0. The molecule has 2 N–H and O–H groups in total. The number of urea groups is 1. The lowest BCUT2D eigenvalue weighted by Crippen LogP contribution is -2.19. The zero-order chi connectivity index (χ0) is 14.8. The van der Waals surface area contributed by atoms with Crippen LogP contribution in [0, 0.1) is 6.92 Å². The normalized spacial score (nSPS) is 12.1. The Kier molecular flexibility index (Phi) is 3.58. The van der Waals surface area contributed by atoms with Crippen molar-refractivity contribution in [1.82, 2.24) is 0 Å². The Morgan fingerprint density at radius 2 is 1.71 bits per heavy atom. The molecule has 0 aromatic heterocycles.